The van der Waals surface area contributed by atoms with Crippen molar-refractivity contribution >= 4 is 35.3 Å². The van der Waals surface area contributed by atoms with Crippen LogP contribution in [-0.2, 0) is 6.54 Å². The lowest BCUT2D eigenvalue weighted by Crippen LogP contribution is -2.26. The Hall–Kier alpha value is -3.72. The monoisotopic (exact) mass is 494 g/mol. The molecule has 35 heavy (non-hydrogen) atoms. The number of phenols is 1. The number of likely N-dealkylation sites (N-methyl/N-ethyl adjacent to an activating group) is 1. The maximum atomic E-state index is 12.8. The molecule has 0 bridgehead atoms. The Morgan fingerprint density at radius 2 is 1.83 bits per heavy atom. The molecule has 0 unspecified atom stereocenters. The Morgan fingerprint density at radius 3 is 2.51 bits per heavy atom. The van der Waals surface area contributed by atoms with Crippen LogP contribution in [0.1, 0.15) is 38.8 Å². The van der Waals surface area contributed by atoms with E-state index in [1.807, 2.05) is 19.1 Å². The van der Waals surface area contributed by atoms with Crippen LogP contribution in [0.5, 0.6) is 5.75 Å². The summed E-state index contributed by atoms with van der Waals surface area (Å²) in [6.07, 6.45) is 1.39. The molecule has 0 aliphatic heterocycles. The summed E-state index contributed by atoms with van der Waals surface area (Å²) in [5.74, 6) is -0.849. The summed E-state index contributed by atoms with van der Waals surface area (Å²) in [5, 5.41) is 25.7. The maximum absolute atomic E-state index is 12.8. The van der Waals surface area contributed by atoms with Crippen LogP contribution < -0.4 is 10.7 Å². The number of rotatable bonds is 10. The third-order valence-corrected chi connectivity index (χ3v) is 5.45. The predicted octanol–water partition coefficient (Wildman–Crippen LogP) is 3.88. The molecule has 0 spiro atoms. The minimum atomic E-state index is -0.557. The zero-order chi connectivity index (χ0) is 25.2. The van der Waals surface area contributed by atoms with Gasteiger partial charge in [-0.1, -0.05) is 42.8 Å². The SMILES string of the molecule is CCN(CCO)Cc1ccc(C(=O)Nc2ccc(Cl)cc2C(=O)N/N=C/c2cccc(O)c2)cc1. The van der Waals surface area contributed by atoms with E-state index in [1.165, 1.54) is 24.4 Å². The molecule has 0 radical (unpaired) electrons. The van der Waals surface area contributed by atoms with Crippen LogP contribution in [0.2, 0.25) is 5.02 Å². The molecule has 0 heterocycles. The molecule has 182 valence electrons. The van der Waals surface area contributed by atoms with Crippen molar-refractivity contribution in [2.24, 2.45) is 5.10 Å². The number of phenolic OH excluding ortho intramolecular Hbond substituents is 1. The van der Waals surface area contributed by atoms with Gasteiger partial charge in [0, 0.05) is 23.7 Å². The average molecular weight is 495 g/mol. The lowest BCUT2D eigenvalue weighted by atomic mass is 10.1. The zero-order valence-corrected chi connectivity index (χ0v) is 20.0. The normalized spacial score (nSPS) is 11.1. The van der Waals surface area contributed by atoms with Crippen molar-refractivity contribution in [1.29, 1.82) is 0 Å². The number of aliphatic hydroxyl groups excluding tert-OH is 1. The lowest BCUT2D eigenvalue weighted by Gasteiger charge is -2.19. The molecule has 8 nitrogen and oxygen atoms in total. The molecule has 2 amide bonds. The number of hydrazone groups is 1. The molecular weight excluding hydrogens is 468 g/mol. The predicted molar refractivity (Wildman–Crippen MR) is 137 cm³/mol. The Morgan fingerprint density at radius 1 is 1.06 bits per heavy atom. The van der Waals surface area contributed by atoms with Gasteiger partial charge >= 0.3 is 0 Å². The number of nitrogens with zero attached hydrogens (tertiary/aromatic N) is 2. The minimum absolute atomic E-state index is 0.0843. The van der Waals surface area contributed by atoms with Gasteiger partial charge in [-0.25, -0.2) is 5.43 Å². The van der Waals surface area contributed by atoms with Gasteiger partial charge in [-0.2, -0.15) is 5.10 Å². The van der Waals surface area contributed by atoms with E-state index in [0.29, 0.717) is 29.2 Å². The third-order valence-electron chi connectivity index (χ3n) is 5.21. The van der Waals surface area contributed by atoms with Crippen molar-refractivity contribution in [2.45, 2.75) is 13.5 Å². The van der Waals surface area contributed by atoms with Gasteiger partial charge in [-0.3, -0.25) is 14.5 Å². The Kier molecular flexibility index (Phi) is 9.37. The second kappa shape index (κ2) is 12.7. The van der Waals surface area contributed by atoms with Crippen LogP contribution in [0.15, 0.2) is 71.8 Å². The van der Waals surface area contributed by atoms with Gasteiger partial charge in [0.1, 0.15) is 5.75 Å². The number of carbonyl (C=O) groups is 2. The van der Waals surface area contributed by atoms with E-state index >= 15 is 0 Å². The highest BCUT2D eigenvalue weighted by molar-refractivity contribution is 6.31. The number of benzene rings is 3. The van der Waals surface area contributed by atoms with E-state index < -0.39 is 5.91 Å². The van der Waals surface area contributed by atoms with Crippen LogP contribution in [0.25, 0.3) is 0 Å². The molecule has 0 saturated heterocycles. The zero-order valence-electron chi connectivity index (χ0n) is 19.2. The van der Waals surface area contributed by atoms with Crippen molar-refractivity contribution in [3.8, 4) is 5.75 Å². The van der Waals surface area contributed by atoms with E-state index in [2.05, 4.69) is 20.7 Å². The fraction of sp³-hybridized carbons (Fsp3) is 0.192. The van der Waals surface area contributed by atoms with Crippen LogP contribution in [-0.4, -0.2) is 52.8 Å². The summed E-state index contributed by atoms with van der Waals surface area (Å²) in [6.45, 7) is 4.17. The smallest absolute Gasteiger partial charge is 0.273 e. The average Bonchev–Trinajstić information content (AvgIpc) is 2.85. The van der Waals surface area contributed by atoms with E-state index in [9.17, 15) is 14.7 Å². The first-order valence-corrected chi connectivity index (χ1v) is 11.4. The van der Waals surface area contributed by atoms with E-state index in [4.69, 9.17) is 16.7 Å². The van der Waals surface area contributed by atoms with Crippen molar-refractivity contribution in [1.82, 2.24) is 10.3 Å². The van der Waals surface area contributed by atoms with Crippen LogP contribution in [0.4, 0.5) is 5.69 Å². The standard InChI is InChI=1S/C26H27ClN4O4/c1-2-31(12-13-32)17-18-6-8-20(9-7-18)25(34)29-24-11-10-21(27)15-23(24)26(35)30-28-16-19-4-3-5-22(33)14-19/h3-11,14-16,32-33H,2,12-13,17H2,1H3,(H,29,34)(H,30,35)/b28-16+. The molecule has 0 aromatic heterocycles. The number of nitrogens with one attached hydrogen (secondary N) is 2. The summed E-state index contributed by atoms with van der Waals surface area (Å²) in [7, 11) is 0. The molecule has 0 fully saturated rings. The number of carbonyl (C=O) groups excluding carboxylic acids is 2. The fourth-order valence-corrected chi connectivity index (χ4v) is 3.52. The number of hydrogen-bond donors (Lipinski definition) is 4. The molecule has 4 N–H and O–H groups in total. The van der Waals surface area contributed by atoms with Gasteiger partial charge in [-0.15, -0.1) is 0 Å². The number of anilines is 1. The first-order valence-electron chi connectivity index (χ1n) is 11.0. The lowest BCUT2D eigenvalue weighted by molar-refractivity contribution is 0.0956. The van der Waals surface area contributed by atoms with Gasteiger partial charge in [-0.05, 0) is 60.1 Å². The molecule has 3 aromatic rings. The van der Waals surface area contributed by atoms with Gasteiger partial charge in [0.05, 0.1) is 24.1 Å². The Bertz CT molecular complexity index is 1200. The van der Waals surface area contributed by atoms with Crippen molar-refractivity contribution in [2.75, 3.05) is 25.0 Å². The number of aliphatic hydroxyl groups is 1. The quantitative estimate of drug-likeness (QED) is 0.252. The minimum Gasteiger partial charge on any atom is -0.508 e. The number of aromatic hydroxyl groups is 1. The second-order valence-electron chi connectivity index (χ2n) is 7.73. The van der Waals surface area contributed by atoms with E-state index in [-0.39, 0.29) is 29.5 Å². The molecule has 9 heteroatoms. The molecule has 3 aromatic carbocycles. The highest BCUT2D eigenvalue weighted by atomic mass is 35.5. The van der Waals surface area contributed by atoms with Gasteiger partial charge < -0.3 is 15.5 Å². The maximum Gasteiger partial charge on any atom is 0.273 e. The molecular formula is C26H27ClN4O4. The summed E-state index contributed by atoms with van der Waals surface area (Å²) in [4.78, 5) is 27.6. The number of halogens is 1. The van der Waals surface area contributed by atoms with Gasteiger partial charge in [0.25, 0.3) is 11.8 Å². The van der Waals surface area contributed by atoms with Crippen molar-refractivity contribution in [3.05, 3.63) is 94.0 Å². The summed E-state index contributed by atoms with van der Waals surface area (Å²) >= 11 is 6.08. The van der Waals surface area contributed by atoms with E-state index in [0.717, 1.165) is 12.1 Å². The van der Waals surface area contributed by atoms with Gasteiger partial charge in [0.2, 0.25) is 0 Å². The first-order chi connectivity index (χ1) is 16.9. The largest absolute Gasteiger partial charge is 0.508 e. The summed E-state index contributed by atoms with van der Waals surface area (Å²) < 4.78 is 0. The molecule has 3 rings (SSSR count). The Balaban J connectivity index is 1.69. The second-order valence-corrected chi connectivity index (χ2v) is 8.16. The topological polar surface area (TPSA) is 114 Å². The van der Waals surface area contributed by atoms with E-state index in [1.54, 1.807) is 36.4 Å². The van der Waals surface area contributed by atoms with Crippen LogP contribution in [0, 0.1) is 0 Å². The molecule has 0 saturated carbocycles. The number of amides is 2. The third kappa shape index (κ3) is 7.65. The summed E-state index contributed by atoms with van der Waals surface area (Å²) in [6, 6.07) is 18.1. The highest BCUT2D eigenvalue weighted by Crippen LogP contribution is 2.22. The molecule has 0 aliphatic rings. The van der Waals surface area contributed by atoms with Gasteiger partial charge in [0.15, 0.2) is 0 Å². The molecule has 0 aliphatic carbocycles. The summed E-state index contributed by atoms with van der Waals surface area (Å²) in [5.41, 5.74) is 4.90. The Labute approximate surface area is 208 Å². The van der Waals surface area contributed by atoms with Crippen molar-refractivity contribution < 1.29 is 19.8 Å². The van der Waals surface area contributed by atoms with Crippen LogP contribution >= 0.6 is 11.6 Å². The fourth-order valence-electron chi connectivity index (χ4n) is 3.35. The van der Waals surface area contributed by atoms with Crippen LogP contribution in [0.3, 0.4) is 0 Å². The molecule has 0 atom stereocenters. The van der Waals surface area contributed by atoms with Crippen molar-refractivity contribution in [3.63, 3.8) is 0 Å². The first kappa shape index (κ1) is 25.9. The highest BCUT2D eigenvalue weighted by Gasteiger charge is 2.15. The number of hydrogen-bond acceptors (Lipinski definition) is 6.